The van der Waals surface area contributed by atoms with E-state index in [0.717, 1.165) is 12.0 Å². The summed E-state index contributed by atoms with van der Waals surface area (Å²) in [5.74, 6) is 0. The van der Waals surface area contributed by atoms with E-state index >= 15 is 0 Å². The van der Waals surface area contributed by atoms with Gasteiger partial charge in [-0.15, -0.1) is 0 Å². The lowest BCUT2D eigenvalue weighted by Crippen LogP contribution is -2.32. The molecule has 0 saturated heterocycles. The van der Waals surface area contributed by atoms with Gasteiger partial charge in [0, 0.05) is 24.3 Å². The first-order valence-electron chi connectivity index (χ1n) is 7.74. The highest BCUT2D eigenvalue weighted by molar-refractivity contribution is 5.54. The van der Waals surface area contributed by atoms with Crippen LogP contribution in [0.1, 0.15) is 63.5 Å². The molecule has 2 nitrogen and oxygen atoms in total. The van der Waals surface area contributed by atoms with Gasteiger partial charge in [-0.25, -0.2) is 0 Å². The van der Waals surface area contributed by atoms with Gasteiger partial charge in [-0.2, -0.15) is 0 Å². The van der Waals surface area contributed by atoms with E-state index in [1.165, 1.54) is 44.2 Å². The Morgan fingerprint density at radius 1 is 1.16 bits per heavy atom. The number of anilines is 1. The van der Waals surface area contributed by atoms with Crippen molar-refractivity contribution < 1.29 is 5.11 Å². The molecule has 1 aliphatic carbocycles. The smallest absolute Gasteiger partial charge is 0.0807 e. The molecule has 0 spiro atoms. The molecule has 0 radical (unpaired) electrons. The van der Waals surface area contributed by atoms with Crippen molar-refractivity contribution in [1.29, 1.82) is 0 Å². The van der Waals surface area contributed by atoms with Gasteiger partial charge < -0.3 is 10.0 Å². The Labute approximate surface area is 117 Å². The number of rotatable bonds is 4. The van der Waals surface area contributed by atoms with Crippen LogP contribution in [0.4, 0.5) is 5.69 Å². The second kappa shape index (κ2) is 6.95. The zero-order valence-corrected chi connectivity index (χ0v) is 12.3. The van der Waals surface area contributed by atoms with Crippen molar-refractivity contribution >= 4 is 5.69 Å². The van der Waals surface area contributed by atoms with Crippen molar-refractivity contribution in [1.82, 2.24) is 0 Å². The largest absolute Gasteiger partial charge is 0.388 e. The van der Waals surface area contributed by atoms with Crippen LogP contribution < -0.4 is 4.90 Å². The van der Waals surface area contributed by atoms with E-state index in [1.54, 1.807) is 0 Å². The maximum Gasteiger partial charge on any atom is 0.0807 e. The Kier molecular flexibility index (Phi) is 5.26. The van der Waals surface area contributed by atoms with Gasteiger partial charge in [0.15, 0.2) is 0 Å². The fraction of sp³-hybridized carbons (Fsp3) is 0.647. The average molecular weight is 261 g/mol. The summed E-state index contributed by atoms with van der Waals surface area (Å²) in [6.07, 6.45) is 8.44. The van der Waals surface area contributed by atoms with Crippen molar-refractivity contribution in [3.05, 3.63) is 29.8 Å². The Morgan fingerprint density at radius 3 is 2.42 bits per heavy atom. The first-order chi connectivity index (χ1) is 9.24. The number of hydrogen-bond acceptors (Lipinski definition) is 2. The molecule has 1 N–H and O–H groups in total. The lowest BCUT2D eigenvalue weighted by molar-refractivity contribution is 0.174. The summed E-state index contributed by atoms with van der Waals surface area (Å²) >= 11 is 0. The molecule has 0 bridgehead atoms. The first kappa shape index (κ1) is 14.4. The number of nitrogens with zero attached hydrogens (tertiary/aromatic N) is 1. The van der Waals surface area contributed by atoms with Gasteiger partial charge in [-0.1, -0.05) is 50.8 Å². The van der Waals surface area contributed by atoms with Crippen molar-refractivity contribution in [3.63, 3.8) is 0 Å². The van der Waals surface area contributed by atoms with Crippen LogP contribution in [0.5, 0.6) is 0 Å². The molecule has 1 unspecified atom stereocenters. The topological polar surface area (TPSA) is 23.5 Å². The summed E-state index contributed by atoms with van der Waals surface area (Å²) in [7, 11) is 2.19. The summed E-state index contributed by atoms with van der Waals surface area (Å²) in [4.78, 5) is 2.40. The zero-order valence-electron chi connectivity index (χ0n) is 12.3. The Balaban J connectivity index is 2.19. The minimum Gasteiger partial charge on any atom is -0.388 e. The maximum absolute atomic E-state index is 10.2. The third-order valence-corrected chi connectivity index (χ3v) is 4.43. The molecule has 0 amide bonds. The molecule has 1 aromatic carbocycles. The van der Waals surface area contributed by atoms with Gasteiger partial charge in [-0.05, 0) is 25.3 Å². The van der Waals surface area contributed by atoms with Gasteiger partial charge in [0.05, 0.1) is 6.10 Å². The van der Waals surface area contributed by atoms with Crippen LogP contribution in [0.15, 0.2) is 24.3 Å². The first-order valence-corrected chi connectivity index (χ1v) is 7.74. The van der Waals surface area contributed by atoms with E-state index < -0.39 is 0 Å². The maximum atomic E-state index is 10.2. The van der Waals surface area contributed by atoms with Crippen LogP contribution in [0.25, 0.3) is 0 Å². The number of benzene rings is 1. The molecular formula is C17H27NO. The standard InChI is InChI=1S/C17H27NO/c1-3-17(19)15-12-8-9-13-16(15)18(2)14-10-6-4-5-7-11-14/h8-9,12-14,17,19H,3-7,10-11H2,1-2H3. The van der Waals surface area contributed by atoms with Gasteiger partial charge in [0.25, 0.3) is 0 Å². The number of aliphatic hydroxyl groups excluding tert-OH is 1. The monoisotopic (exact) mass is 261 g/mol. The van der Waals surface area contributed by atoms with E-state index in [1.807, 2.05) is 13.0 Å². The van der Waals surface area contributed by atoms with E-state index in [0.29, 0.717) is 6.04 Å². The second-order valence-electron chi connectivity index (χ2n) is 5.74. The summed E-state index contributed by atoms with van der Waals surface area (Å²) in [5.41, 5.74) is 2.29. The van der Waals surface area contributed by atoms with Crippen LogP contribution in [0.2, 0.25) is 0 Å². The Hall–Kier alpha value is -1.02. The molecule has 19 heavy (non-hydrogen) atoms. The minimum atomic E-state index is -0.343. The molecule has 1 aromatic rings. The van der Waals surface area contributed by atoms with E-state index in [2.05, 4.69) is 30.1 Å². The predicted molar refractivity (Wildman–Crippen MR) is 81.6 cm³/mol. The SMILES string of the molecule is CCC(O)c1ccccc1N(C)C1CCCCCC1. The van der Waals surface area contributed by atoms with Crippen molar-refractivity contribution in [2.45, 2.75) is 64.0 Å². The molecule has 1 saturated carbocycles. The quantitative estimate of drug-likeness (QED) is 0.817. The molecule has 1 aliphatic rings. The highest BCUT2D eigenvalue weighted by Gasteiger charge is 2.20. The lowest BCUT2D eigenvalue weighted by atomic mass is 10.0. The van der Waals surface area contributed by atoms with E-state index in [9.17, 15) is 5.11 Å². The molecule has 0 aliphatic heterocycles. The normalized spacial score (nSPS) is 18.9. The molecule has 0 heterocycles. The van der Waals surface area contributed by atoms with Crippen LogP contribution in [-0.4, -0.2) is 18.2 Å². The molecule has 1 atom stereocenters. The second-order valence-corrected chi connectivity index (χ2v) is 5.74. The van der Waals surface area contributed by atoms with E-state index in [4.69, 9.17) is 0 Å². The summed E-state index contributed by atoms with van der Waals surface area (Å²) in [6, 6.07) is 8.95. The lowest BCUT2D eigenvalue weighted by Gasteiger charge is -2.32. The predicted octanol–water partition coefficient (Wildman–Crippen LogP) is 4.29. The molecule has 1 fully saturated rings. The summed E-state index contributed by atoms with van der Waals surface area (Å²) in [6.45, 7) is 2.03. The van der Waals surface area contributed by atoms with Gasteiger partial charge >= 0.3 is 0 Å². The summed E-state index contributed by atoms with van der Waals surface area (Å²) < 4.78 is 0. The van der Waals surface area contributed by atoms with Gasteiger partial charge in [-0.3, -0.25) is 0 Å². The Bertz CT molecular complexity index is 383. The fourth-order valence-electron chi connectivity index (χ4n) is 3.15. The highest BCUT2D eigenvalue weighted by atomic mass is 16.3. The van der Waals surface area contributed by atoms with Crippen molar-refractivity contribution in [2.24, 2.45) is 0 Å². The molecule has 0 aromatic heterocycles. The van der Waals surface area contributed by atoms with Gasteiger partial charge in [0.1, 0.15) is 0 Å². The van der Waals surface area contributed by atoms with Crippen LogP contribution in [0, 0.1) is 0 Å². The van der Waals surface area contributed by atoms with Crippen LogP contribution in [-0.2, 0) is 0 Å². The number of aliphatic hydroxyl groups is 1. The van der Waals surface area contributed by atoms with Gasteiger partial charge in [0.2, 0.25) is 0 Å². The number of hydrogen-bond donors (Lipinski definition) is 1. The average Bonchev–Trinajstić information content (AvgIpc) is 2.74. The molecule has 106 valence electrons. The third-order valence-electron chi connectivity index (χ3n) is 4.43. The van der Waals surface area contributed by atoms with E-state index in [-0.39, 0.29) is 6.10 Å². The molecule has 2 rings (SSSR count). The van der Waals surface area contributed by atoms with Crippen molar-refractivity contribution in [2.75, 3.05) is 11.9 Å². The van der Waals surface area contributed by atoms with Crippen molar-refractivity contribution in [3.8, 4) is 0 Å². The fourth-order valence-corrected chi connectivity index (χ4v) is 3.15. The third kappa shape index (κ3) is 3.50. The zero-order chi connectivity index (χ0) is 13.7. The van der Waals surface area contributed by atoms with Crippen LogP contribution >= 0.6 is 0 Å². The summed E-state index contributed by atoms with van der Waals surface area (Å²) in [5, 5.41) is 10.2. The molecule has 2 heteroatoms. The number of para-hydroxylation sites is 1. The highest BCUT2D eigenvalue weighted by Crippen LogP contribution is 2.31. The molecular weight excluding hydrogens is 234 g/mol. The Morgan fingerprint density at radius 2 is 1.79 bits per heavy atom. The minimum absolute atomic E-state index is 0.343. The van der Waals surface area contributed by atoms with Crippen LogP contribution in [0.3, 0.4) is 0 Å².